The molecule has 0 radical (unpaired) electrons. The molecule has 4 heteroatoms. The molecule has 0 unspecified atom stereocenters. The summed E-state index contributed by atoms with van der Waals surface area (Å²) in [5.41, 5.74) is 0.689. The quantitative estimate of drug-likeness (QED) is 0.823. The Morgan fingerprint density at radius 3 is 2.75 bits per heavy atom. The third-order valence-corrected chi connectivity index (χ3v) is 3.31. The van der Waals surface area contributed by atoms with Gasteiger partial charge < -0.3 is 5.32 Å². The summed E-state index contributed by atoms with van der Waals surface area (Å²) in [5.74, 6) is 0.575. The molecule has 0 spiro atoms. The smallest absolute Gasteiger partial charge is 0.252 e. The summed E-state index contributed by atoms with van der Waals surface area (Å²) in [7, 11) is 0. The lowest BCUT2D eigenvalue weighted by atomic mass is 10.1. The van der Waals surface area contributed by atoms with Crippen molar-refractivity contribution in [3.05, 3.63) is 32.4 Å². The third kappa shape index (κ3) is 4.29. The molecule has 0 aromatic heterocycles. The van der Waals surface area contributed by atoms with Gasteiger partial charge in [0.2, 0.25) is 0 Å². The number of amides is 1. The van der Waals surface area contributed by atoms with Gasteiger partial charge in [0.1, 0.15) is 0 Å². The van der Waals surface area contributed by atoms with Crippen LogP contribution < -0.4 is 5.32 Å². The van der Waals surface area contributed by atoms with Crippen LogP contribution in [0, 0.1) is 9.49 Å². The molecule has 1 rings (SSSR count). The molecule has 2 nitrogen and oxygen atoms in total. The highest BCUT2D eigenvalue weighted by molar-refractivity contribution is 14.1. The molecule has 1 amide bonds. The van der Waals surface area contributed by atoms with Gasteiger partial charge in [-0.05, 0) is 53.1 Å². The second-order valence-corrected chi connectivity index (χ2v) is 5.66. The highest BCUT2D eigenvalue weighted by atomic mass is 127. The molecule has 0 atom stereocenters. The summed E-state index contributed by atoms with van der Waals surface area (Å²) in [6.45, 7) is 4.99. The first kappa shape index (κ1) is 13.8. The van der Waals surface area contributed by atoms with Gasteiger partial charge in [-0.3, -0.25) is 4.79 Å². The van der Waals surface area contributed by atoms with Crippen molar-refractivity contribution >= 4 is 40.1 Å². The molecule has 0 aliphatic rings. The largest absolute Gasteiger partial charge is 0.352 e. The van der Waals surface area contributed by atoms with Crippen LogP contribution in [-0.4, -0.2) is 12.5 Å². The van der Waals surface area contributed by atoms with Gasteiger partial charge in [0, 0.05) is 15.1 Å². The first-order valence-electron chi connectivity index (χ1n) is 5.24. The van der Waals surface area contributed by atoms with E-state index in [1.807, 2.05) is 0 Å². The highest BCUT2D eigenvalue weighted by Crippen LogP contribution is 2.17. The monoisotopic (exact) mass is 351 g/mol. The first-order valence-corrected chi connectivity index (χ1v) is 6.69. The summed E-state index contributed by atoms with van der Waals surface area (Å²) in [5, 5.41) is 3.56. The minimum absolute atomic E-state index is 0.0262. The molecule has 1 aromatic rings. The van der Waals surface area contributed by atoms with Crippen LogP contribution in [0.2, 0.25) is 5.02 Å². The Balaban J connectivity index is 2.59. The number of hydrogen-bond donors (Lipinski definition) is 1. The molecular formula is C12H15ClINO. The van der Waals surface area contributed by atoms with Gasteiger partial charge in [0.05, 0.1) is 5.56 Å². The Labute approximate surface area is 115 Å². The molecule has 1 N–H and O–H groups in total. The van der Waals surface area contributed by atoms with E-state index in [9.17, 15) is 4.79 Å². The van der Waals surface area contributed by atoms with Crippen LogP contribution in [0.15, 0.2) is 18.2 Å². The summed E-state index contributed by atoms with van der Waals surface area (Å²) >= 11 is 7.95. The van der Waals surface area contributed by atoms with Crippen molar-refractivity contribution in [2.45, 2.75) is 20.3 Å². The van der Waals surface area contributed by atoms with E-state index in [0.717, 1.165) is 16.5 Å². The van der Waals surface area contributed by atoms with Gasteiger partial charge >= 0.3 is 0 Å². The molecule has 0 heterocycles. The molecule has 0 aliphatic carbocycles. The zero-order valence-electron chi connectivity index (χ0n) is 9.39. The third-order valence-electron chi connectivity index (χ3n) is 2.18. The molecule has 1 aromatic carbocycles. The van der Waals surface area contributed by atoms with E-state index in [2.05, 4.69) is 41.8 Å². The highest BCUT2D eigenvalue weighted by Gasteiger charge is 2.09. The maximum absolute atomic E-state index is 11.8. The fourth-order valence-electron chi connectivity index (χ4n) is 1.24. The lowest BCUT2D eigenvalue weighted by Gasteiger charge is -2.08. The van der Waals surface area contributed by atoms with Gasteiger partial charge in [0.15, 0.2) is 0 Å². The predicted molar refractivity (Wildman–Crippen MR) is 76.0 cm³/mol. The van der Waals surface area contributed by atoms with Crippen LogP contribution in [0.3, 0.4) is 0 Å². The van der Waals surface area contributed by atoms with Crippen molar-refractivity contribution in [2.24, 2.45) is 5.92 Å². The number of benzene rings is 1. The summed E-state index contributed by atoms with van der Waals surface area (Å²) in [4.78, 5) is 11.8. The molecule has 0 aliphatic heterocycles. The maximum atomic E-state index is 11.8. The van der Waals surface area contributed by atoms with Crippen molar-refractivity contribution in [1.82, 2.24) is 5.32 Å². The fraction of sp³-hybridized carbons (Fsp3) is 0.417. The topological polar surface area (TPSA) is 29.1 Å². The van der Waals surface area contributed by atoms with E-state index in [0.29, 0.717) is 16.5 Å². The lowest BCUT2D eigenvalue weighted by molar-refractivity contribution is 0.0951. The number of carbonyl (C=O) groups is 1. The SMILES string of the molecule is CC(C)CCNC(=O)c1ccc(Cl)cc1I. The van der Waals surface area contributed by atoms with Crippen molar-refractivity contribution in [1.29, 1.82) is 0 Å². The van der Waals surface area contributed by atoms with Gasteiger partial charge in [-0.15, -0.1) is 0 Å². The standard InChI is InChI=1S/C12H15ClINO/c1-8(2)5-6-15-12(16)10-4-3-9(13)7-11(10)14/h3-4,7-8H,5-6H2,1-2H3,(H,15,16). The molecule has 0 saturated heterocycles. The Bertz CT molecular complexity index is 379. The first-order chi connectivity index (χ1) is 7.50. The minimum Gasteiger partial charge on any atom is -0.352 e. The van der Waals surface area contributed by atoms with Crippen molar-refractivity contribution < 1.29 is 4.79 Å². The van der Waals surface area contributed by atoms with Gasteiger partial charge in [-0.25, -0.2) is 0 Å². The lowest BCUT2D eigenvalue weighted by Crippen LogP contribution is -2.26. The zero-order valence-corrected chi connectivity index (χ0v) is 12.3. The van der Waals surface area contributed by atoms with Crippen LogP contribution in [-0.2, 0) is 0 Å². The molecule has 0 fully saturated rings. The fourth-order valence-corrected chi connectivity index (χ4v) is 2.36. The number of nitrogens with one attached hydrogen (secondary N) is 1. The molecule has 0 bridgehead atoms. The van der Waals surface area contributed by atoms with Gasteiger partial charge in [-0.2, -0.15) is 0 Å². The van der Waals surface area contributed by atoms with Crippen molar-refractivity contribution in [3.8, 4) is 0 Å². The van der Waals surface area contributed by atoms with E-state index in [4.69, 9.17) is 11.6 Å². The Kier molecular flexibility index (Phi) is 5.55. The van der Waals surface area contributed by atoms with Crippen LogP contribution in [0.4, 0.5) is 0 Å². The summed E-state index contributed by atoms with van der Waals surface area (Å²) in [6.07, 6.45) is 0.996. The van der Waals surface area contributed by atoms with Crippen molar-refractivity contribution in [2.75, 3.05) is 6.54 Å². The summed E-state index contributed by atoms with van der Waals surface area (Å²) < 4.78 is 0.882. The second kappa shape index (κ2) is 6.45. The van der Waals surface area contributed by atoms with E-state index in [-0.39, 0.29) is 5.91 Å². The van der Waals surface area contributed by atoms with Crippen LogP contribution in [0.5, 0.6) is 0 Å². The summed E-state index contributed by atoms with van der Waals surface area (Å²) in [6, 6.07) is 5.29. The number of carbonyl (C=O) groups excluding carboxylic acids is 1. The van der Waals surface area contributed by atoms with E-state index < -0.39 is 0 Å². The number of rotatable bonds is 4. The normalized spacial score (nSPS) is 10.6. The Morgan fingerprint density at radius 2 is 2.19 bits per heavy atom. The molecular weight excluding hydrogens is 336 g/mol. The van der Waals surface area contributed by atoms with Crippen LogP contribution in [0.1, 0.15) is 30.6 Å². The molecule has 0 saturated carbocycles. The zero-order chi connectivity index (χ0) is 12.1. The van der Waals surface area contributed by atoms with Gasteiger partial charge in [-0.1, -0.05) is 25.4 Å². The Morgan fingerprint density at radius 1 is 1.50 bits per heavy atom. The van der Waals surface area contributed by atoms with Crippen LogP contribution >= 0.6 is 34.2 Å². The number of hydrogen-bond acceptors (Lipinski definition) is 1. The number of halogens is 2. The second-order valence-electron chi connectivity index (χ2n) is 4.06. The maximum Gasteiger partial charge on any atom is 0.252 e. The minimum atomic E-state index is -0.0262. The average Bonchev–Trinajstić information content (AvgIpc) is 2.16. The van der Waals surface area contributed by atoms with E-state index in [1.165, 1.54) is 0 Å². The average molecular weight is 352 g/mol. The van der Waals surface area contributed by atoms with Gasteiger partial charge in [0.25, 0.3) is 5.91 Å². The van der Waals surface area contributed by atoms with E-state index in [1.54, 1.807) is 18.2 Å². The molecule has 88 valence electrons. The predicted octanol–water partition coefficient (Wildman–Crippen LogP) is 3.72. The van der Waals surface area contributed by atoms with Crippen molar-refractivity contribution in [3.63, 3.8) is 0 Å². The Hall–Kier alpha value is -0.290. The van der Waals surface area contributed by atoms with Crippen LogP contribution in [0.25, 0.3) is 0 Å². The molecule has 16 heavy (non-hydrogen) atoms. The van der Waals surface area contributed by atoms with E-state index >= 15 is 0 Å².